The summed E-state index contributed by atoms with van der Waals surface area (Å²) in [6.07, 6.45) is 1.99. The maximum atomic E-state index is 6.00. The molecule has 1 aliphatic rings. The van der Waals surface area contributed by atoms with E-state index in [9.17, 15) is 0 Å². The van der Waals surface area contributed by atoms with E-state index in [-0.39, 0.29) is 5.54 Å². The van der Waals surface area contributed by atoms with Crippen LogP contribution in [0.1, 0.15) is 12.8 Å². The Bertz CT molecular complexity index is 188. The third-order valence-corrected chi connectivity index (χ3v) is 3.60. The van der Waals surface area contributed by atoms with Gasteiger partial charge in [0.2, 0.25) is 0 Å². The Kier molecular flexibility index (Phi) is 6.99. The van der Waals surface area contributed by atoms with Gasteiger partial charge in [0.05, 0.1) is 13.2 Å². The van der Waals surface area contributed by atoms with Gasteiger partial charge >= 0.3 is 0 Å². The normalized spacial score (nSPS) is 19.8. The predicted octanol–water partition coefficient (Wildman–Crippen LogP) is 0.0891. The number of methoxy groups -OCH3 is 2. The zero-order valence-corrected chi connectivity index (χ0v) is 11.1. The molecule has 0 saturated carbocycles. The summed E-state index contributed by atoms with van der Waals surface area (Å²) in [5.41, 5.74) is 6.07. The monoisotopic (exact) mass is 246 g/mol. The van der Waals surface area contributed by atoms with Crippen LogP contribution in [0.3, 0.4) is 0 Å². The van der Waals surface area contributed by atoms with Crippen LogP contribution >= 0.6 is 0 Å². The molecule has 5 heteroatoms. The minimum atomic E-state index is 0.0648. The van der Waals surface area contributed by atoms with Crippen LogP contribution in [0.25, 0.3) is 0 Å². The summed E-state index contributed by atoms with van der Waals surface area (Å²) in [6.45, 7) is 5.53. The van der Waals surface area contributed by atoms with Gasteiger partial charge in [0.15, 0.2) is 0 Å². The molecular weight excluding hydrogens is 220 g/mol. The van der Waals surface area contributed by atoms with E-state index in [0.29, 0.717) is 6.54 Å². The molecule has 2 N–H and O–H groups in total. The minimum Gasteiger partial charge on any atom is -0.383 e. The van der Waals surface area contributed by atoms with Crippen molar-refractivity contribution in [3.63, 3.8) is 0 Å². The summed E-state index contributed by atoms with van der Waals surface area (Å²) >= 11 is 0. The first-order valence-corrected chi connectivity index (χ1v) is 6.30. The lowest BCUT2D eigenvalue weighted by molar-refractivity contribution is -0.0395. The van der Waals surface area contributed by atoms with Crippen molar-refractivity contribution >= 4 is 0 Å². The van der Waals surface area contributed by atoms with Crippen molar-refractivity contribution in [2.24, 2.45) is 5.73 Å². The van der Waals surface area contributed by atoms with Crippen molar-refractivity contribution in [2.45, 2.75) is 18.4 Å². The SMILES string of the molecule is COCCN(CCOC)C1(CN)CCOCC1. The van der Waals surface area contributed by atoms with E-state index in [2.05, 4.69) is 4.90 Å². The Labute approximate surface area is 104 Å². The first kappa shape index (κ1) is 14.9. The van der Waals surface area contributed by atoms with Crippen molar-refractivity contribution < 1.29 is 14.2 Å². The molecule has 0 bridgehead atoms. The first-order valence-electron chi connectivity index (χ1n) is 6.30. The molecule has 1 saturated heterocycles. The van der Waals surface area contributed by atoms with E-state index in [1.165, 1.54) is 0 Å². The molecular formula is C12H26N2O3. The molecule has 0 aromatic carbocycles. The quantitative estimate of drug-likeness (QED) is 0.658. The molecule has 0 aliphatic carbocycles. The number of rotatable bonds is 8. The Morgan fingerprint density at radius 3 is 2.06 bits per heavy atom. The van der Waals surface area contributed by atoms with E-state index in [1.54, 1.807) is 14.2 Å². The second kappa shape index (κ2) is 8.00. The lowest BCUT2D eigenvalue weighted by atomic mass is 9.88. The number of ether oxygens (including phenoxy) is 3. The molecule has 1 rings (SSSR count). The van der Waals surface area contributed by atoms with Gasteiger partial charge < -0.3 is 19.9 Å². The van der Waals surface area contributed by atoms with Crippen LogP contribution in [0.4, 0.5) is 0 Å². The summed E-state index contributed by atoms with van der Waals surface area (Å²) in [5.74, 6) is 0. The fourth-order valence-corrected chi connectivity index (χ4v) is 2.39. The molecule has 0 aromatic heterocycles. The van der Waals surface area contributed by atoms with Gasteiger partial charge in [-0.2, -0.15) is 0 Å². The Hall–Kier alpha value is -0.200. The van der Waals surface area contributed by atoms with Crippen LogP contribution in [-0.2, 0) is 14.2 Å². The largest absolute Gasteiger partial charge is 0.383 e. The van der Waals surface area contributed by atoms with Gasteiger partial charge in [-0.1, -0.05) is 0 Å². The minimum absolute atomic E-state index is 0.0648. The van der Waals surface area contributed by atoms with Gasteiger partial charge in [-0.25, -0.2) is 0 Å². The van der Waals surface area contributed by atoms with Crippen molar-refractivity contribution in [1.29, 1.82) is 0 Å². The highest BCUT2D eigenvalue weighted by molar-refractivity contribution is 4.93. The Balaban J connectivity index is 2.61. The van der Waals surface area contributed by atoms with Crippen LogP contribution in [0.15, 0.2) is 0 Å². The maximum Gasteiger partial charge on any atom is 0.0589 e. The van der Waals surface area contributed by atoms with Crippen molar-refractivity contribution in [2.75, 3.05) is 60.3 Å². The summed E-state index contributed by atoms with van der Waals surface area (Å²) in [6, 6.07) is 0. The van der Waals surface area contributed by atoms with E-state index in [4.69, 9.17) is 19.9 Å². The van der Waals surface area contributed by atoms with Crippen LogP contribution < -0.4 is 5.73 Å². The highest BCUT2D eigenvalue weighted by Gasteiger charge is 2.36. The van der Waals surface area contributed by atoms with Gasteiger partial charge in [0.25, 0.3) is 0 Å². The van der Waals surface area contributed by atoms with Gasteiger partial charge in [0.1, 0.15) is 0 Å². The van der Waals surface area contributed by atoms with E-state index < -0.39 is 0 Å². The van der Waals surface area contributed by atoms with Crippen LogP contribution in [0, 0.1) is 0 Å². The molecule has 1 heterocycles. The number of hydrogen-bond donors (Lipinski definition) is 1. The number of nitrogens with two attached hydrogens (primary N) is 1. The predicted molar refractivity (Wildman–Crippen MR) is 67.2 cm³/mol. The number of nitrogens with zero attached hydrogens (tertiary/aromatic N) is 1. The van der Waals surface area contributed by atoms with Crippen LogP contribution in [-0.4, -0.2) is 70.7 Å². The summed E-state index contributed by atoms with van der Waals surface area (Å²) in [5, 5.41) is 0. The van der Waals surface area contributed by atoms with Crippen molar-refractivity contribution in [1.82, 2.24) is 4.90 Å². The van der Waals surface area contributed by atoms with E-state index >= 15 is 0 Å². The summed E-state index contributed by atoms with van der Waals surface area (Å²) in [7, 11) is 3.46. The first-order chi connectivity index (χ1) is 8.29. The van der Waals surface area contributed by atoms with E-state index in [0.717, 1.165) is 52.4 Å². The second-order valence-electron chi connectivity index (χ2n) is 4.51. The topological polar surface area (TPSA) is 57.0 Å². The highest BCUT2D eigenvalue weighted by Crippen LogP contribution is 2.26. The molecule has 1 aliphatic heterocycles. The van der Waals surface area contributed by atoms with Crippen molar-refractivity contribution in [3.8, 4) is 0 Å². The molecule has 102 valence electrons. The molecule has 17 heavy (non-hydrogen) atoms. The average molecular weight is 246 g/mol. The molecule has 0 radical (unpaired) electrons. The summed E-state index contributed by atoms with van der Waals surface area (Å²) in [4.78, 5) is 2.41. The smallest absolute Gasteiger partial charge is 0.0589 e. The third kappa shape index (κ3) is 4.19. The molecule has 0 spiro atoms. The molecule has 0 unspecified atom stereocenters. The standard InChI is InChI=1S/C12H26N2O3/c1-15-9-5-14(6-10-16-2)12(11-13)3-7-17-8-4-12/h3-11,13H2,1-2H3. The third-order valence-electron chi connectivity index (χ3n) is 3.60. The molecule has 0 amide bonds. The number of hydrogen-bond acceptors (Lipinski definition) is 5. The molecule has 0 atom stereocenters. The maximum absolute atomic E-state index is 6.00. The zero-order valence-electron chi connectivity index (χ0n) is 11.1. The van der Waals surface area contributed by atoms with Crippen molar-refractivity contribution in [3.05, 3.63) is 0 Å². The average Bonchev–Trinajstić information content (AvgIpc) is 2.39. The molecule has 5 nitrogen and oxygen atoms in total. The molecule has 1 fully saturated rings. The lowest BCUT2D eigenvalue weighted by Crippen LogP contribution is -2.58. The lowest BCUT2D eigenvalue weighted by Gasteiger charge is -2.45. The second-order valence-corrected chi connectivity index (χ2v) is 4.51. The van der Waals surface area contributed by atoms with Gasteiger partial charge in [0, 0.05) is 52.6 Å². The van der Waals surface area contributed by atoms with Crippen LogP contribution in [0.2, 0.25) is 0 Å². The fraction of sp³-hybridized carbons (Fsp3) is 1.00. The zero-order chi connectivity index (χ0) is 12.6. The van der Waals surface area contributed by atoms with Gasteiger partial charge in [-0.3, -0.25) is 4.90 Å². The Morgan fingerprint density at radius 2 is 1.65 bits per heavy atom. The van der Waals surface area contributed by atoms with E-state index in [1.807, 2.05) is 0 Å². The fourth-order valence-electron chi connectivity index (χ4n) is 2.39. The van der Waals surface area contributed by atoms with Gasteiger partial charge in [-0.05, 0) is 12.8 Å². The molecule has 0 aromatic rings. The van der Waals surface area contributed by atoms with Gasteiger partial charge in [-0.15, -0.1) is 0 Å². The highest BCUT2D eigenvalue weighted by atomic mass is 16.5. The van der Waals surface area contributed by atoms with Crippen LogP contribution in [0.5, 0.6) is 0 Å². The Morgan fingerprint density at radius 1 is 1.12 bits per heavy atom. The summed E-state index contributed by atoms with van der Waals surface area (Å²) < 4.78 is 15.8.